The predicted molar refractivity (Wildman–Crippen MR) is 119 cm³/mol. The Morgan fingerprint density at radius 2 is 1.30 bits per heavy atom. The summed E-state index contributed by atoms with van der Waals surface area (Å²) < 4.78 is 5.98. The second kappa shape index (κ2) is 14.1. The SMILES string of the molecule is CCCCCCc1ccc(OCCCC2CCC(CCCCC)CC2)cc1. The number of benzene rings is 1. The van der Waals surface area contributed by atoms with Crippen molar-refractivity contribution in [3.63, 3.8) is 0 Å². The van der Waals surface area contributed by atoms with Crippen LogP contribution in [-0.4, -0.2) is 6.61 Å². The first kappa shape index (κ1) is 22.3. The van der Waals surface area contributed by atoms with Crippen molar-refractivity contribution < 1.29 is 4.74 Å². The van der Waals surface area contributed by atoms with E-state index in [0.717, 1.165) is 24.2 Å². The fourth-order valence-corrected chi connectivity index (χ4v) is 4.56. The van der Waals surface area contributed by atoms with Crippen molar-refractivity contribution >= 4 is 0 Å². The van der Waals surface area contributed by atoms with Crippen molar-refractivity contribution in [2.24, 2.45) is 11.8 Å². The molecular weight excluding hydrogens is 328 g/mol. The van der Waals surface area contributed by atoms with E-state index in [1.54, 1.807) is 0 Å². The molecule has 0 amide bonds. The van der Waals surface area contributed by atoms with E-state index in [9.17, 15) is 0 Å². The maximum atomic E-state index is 5.98. The van der Waals surface area contributed by atoms with Crippen molar-refractivity contribution in [1.29, 1.82) is 0 Å². The Bertz CT molecular complexity index is 456. The number of ether oxygens (including phenoxy) is 1. The lowest BCUT2D eigenvalue weighted by Gasteiger charge is -2.28. The second-order valence-corrected chi connectivity index (χ2v) is 8.83. The minimum atomic E-state index is 0.881. The van der Waals surface area contributed by atoms with Gasteiger partial charge in [0.15, 0.2) is 0 Å². The minimum Gasteiger partial charge on any atom is -0.494 e. The van der Waals surface area contributed by atoms with Gasteiger partial charge in [-0.25, -0.2) is 0 Å². The largest absolute Gasteiger partial charge is 0.494 e. The third-order valence-electron chi connectivity index (χ3n) is 6.45. The summed E-state index contributed by atoms with van der Waals surface area (Å²) in [6.45, 7) is 5.46. The lowest BCUT2D eigenvalue weighted by atomic mass is 9.78. The van der Waals surface area contributed by atoms with E-state index in [0.29, 0.717) is 0 Å². The number of hydrogen-bond donors (Lipinski definition) is 0. The first-order valence-corrected chi connectivity index (χ1v) is 12.0. The summed E-state index contributed by atoms with van der Waals surface area (Å²) in [6, 6.07) is 8.83. The van der Waals surface area contributed by atoms with Gasteiger partial charge in [-0.05, 0) is 55.2 Å². The average molecular weight is 373 g/mol. The van der Waals surface area contributed by atoms with Gasteiger partial charge in [-0.3, -0.25) is 0 Å². The molecule has 1 aromatic rings. The van der Waals surface area contributed by atoms with Crippen molar-refractivity contribution in [1.82, 2.24) is 0 Å². The van der Waals surface area contributed by atoms with E-state index >= 15 is 0 Å². The summed E-state index contributed by atoms with van der Waals surface area (Å²) in [6.07, 6.45) is 20.7. The molecule has 27 heavy (non-hydrogen) atoms. The van der Waals surface area contributed by atoms with Crippen molar-refractivity contribution in [2.45, 2.75) is 110 Å². The molecule has 0 atom stereocenters. The highest BCUT2D eigenvalue weighted by Gasteiger charge is 2.20. The average Bonchev–Trinajstić information content (AvgIpc) is 2.71. The summed E-state index contributed by atoms with van der Waals surface area (Å²) in [7, 11) is 0. The Kier molecular flexibility index (Phi) is 11.6. The van der Waals surface area contributed by atoms with Crippen LogP contribution < -0.4 is 4.74 Å². The number of unbranched alkanes of at least 4 members (excludes halogenated alkanes) is 5. The molecule has 154 valence electrons. The van der Waals surface area contributed by atoms with Gasteiger partial charge < -0.3 is 4.74 Å². The smallest absolute Gasteiger partial charge is 0.119 e. The summed E-state index contributed by atoms with van der Waals surface area (Å²) in [5, 5.41) is 0. The van der Waals surface area contributed by atoms with Crippen LogP contribution in [0.5, 0.6) is 5.75 Å². The molecule has 0 aromatic heterocycles. The Morgan fingerprint density at radius 1 is 0.704 bits per heavy atom. The Balaban J connectivity index is 1.51. The van der Waals surface area contributed by atoms with E-state index in [1.165, 1.54) is 102 Å². The summed E-state index contributed by atoms with van der Waals surface area (Å²) >= 11 is 0. The van der Waals surface area contributed by atoms with Crippen molar-refractivity contribution in [2.75, 3.05) is 6.61 Å². The number of rotatable bonds is 14. The van der Waals surface area contributed by atoms with Gasteiger partial charge in [-0.15, -0.1) is 0 Å². The lowest BCUT2D eigenvalue weighted by Crippen LogP contribution is -2.15. The molecule has 0 aliphatic heterocycles. The minimum absolute atomic E-state index is 0.881. The van der Waals surface area contributed by atoms with E-state index in [1.807, 2.05) is 0 Å². The first-order valence-electron chi connectivity index (χ1n) is 12.0. The standard InChI is InChI=1S/C26H44O/c1-3-5-7-9-12-24-18-20-26(21-19-24)27-22-10-13-25-16-14-23(15-17-25)11-8-6-4-2/h18-21,23,25H,3-17,22H2,1-2H3. The molecule has 0 saturated heterocycles. The Morgan fingerprint density at radius 3 is 1.93 bits per heavy atom. The molecule has 1 aromatic carbocycles. The van der Waals surface area contributed by atoms with Crippen LogP contribution in [0.1, 0.15) is 109 Å². The molecule has 0 spiro atoms. The molecule has 0 N–H and O–H groups in total. The zero-order valence-electron chi connectivity index (χ0n) is 18.2. The molecule has 0 heterocycles. The van der Waals surface area contributed by atoms with Gasteiger partial charge in [-0.2, -0.15) is 0 Å². The van der Waals surface area contributed by atoms with Crippen LogP contribution in [0.15, 0.2) is 24.3 Å². The van der Waals surface area contributed by atoms with E-state index in [4.69, 9.17) is 4.74 Å². The lowest BCUT2D eigenvalue weighted by molar-refractivity contribution is 0.228. The molecule has 1 saturated carbocycles. The normalized spacial score (nSPS) is 19.9. The summed E-state index contributed by atoms with van der Waals surface area (Å²) in [5.41, 5.74) is 1.45. The van der Waals surface area contributed by atoms with Gasteiger partial charge in [0.1, 0.15) is 5.75 Å². The van der Waals surface area contributed by atoms with E-state index in [-0.39, 0.29) is 0 Å². The Hall–Kier alpha value is -0.980. The van der Waals surface area contributed by atoms with Gasteiger partial charge in [0.2, 0.25) is 0 Å². The topological polar surface area (TPSA) is 9.23 Å². The highest BCUT2D eigenvalue weighted by atomic mass is 16.5. The van der Waals surface area contributed by atoms with Gasteiger partial charge in [0.05, 0.1) is 6.61 Å². The molecule has 1 nitrogen and oxygen atoms in total. The molecule has 0 unspecified atom stereocenters. The first-order chi connectivity index (χ1) is 13.3. The maximum Gasteiger partial charge on any atom is 0.119 e. The van der Waals surface area contributed by atoms with Crippen LogP contribution in [0, 0.1) is 11.8 Å². The molecule has 2 rings (SSSR count). The van der Waals surface area contributed by atoms with Crippen LogP contribution in [0.2, 0.25) is 0 Å². The van der Waals surface area contributed by atoms with Crippen LogP contribution in [0.4, 0.5) is 0 Å². The zero-order valence-corrected chi connectivity index (χ0v) is 18.2. The van der Waals surface area contributed by atoms with Gasteiger partial charge in [0.25, 0.3) is 0 Å². The van der Waals surface area contributed by atoms with Crippen molar-refractivity contribution in [3.05, 3.63) is 29.8 Å². The monoisotopic (exact) mass is 372 g/mol. The fourth-order valence-electron chi connectivity index (χ4n) is 4.56. The van der Waals surface area contributed by atoms with Crippen LogP contribution >= 0.6 is 0 Å². The quantitative estimate of drug-likeness (QED) is 0.298. The Labute approximate surface area is 169 Å². The molecule has 1 fully saturated rings. The van der Waals surface area contributed by atoms with Gasteiger partial charge >= 0.3 is 0 Å². The fraction of sp³-hybridized carbons (Fsp3) is 0.769. The molecule has 0 bridgehead atoms. The van der Waals surface area contributed by atoms with Crippen LogP contribution in [0.25, 0.3) is 0 Å². The third kappa shape index (κ3) is 9.67. The molecule has 1 heteroatoms. The summed E-state index contributed by atoms with van der Waals surface area (Å²) in [4.78, 5) is 0. The number of aryl methyl sites for hydroxylation is 1. The van der Waals surface area contributed by atoms with E-state index < -0.39 is 0 Å². The highest BCUT2D eigenvalue weighted by Crippen LogP contribution is 2.34. The highest BCUT2D eigenvalue weighted by molar-refractivity contribution is 5.27. The van der Waals surface area contributed by atoms with Crippen LogP contribution in [-0.2, 0) is 6.42 Å². The number of hydrogen-bond acceptors (Lipinski definition) is 1. The third-order valence-corrected chi connectivity index (χ3v) is 6.45. The summed E-state index contributed by atoms with van der Waals surface area (Å²) in [5.74, 6) is 3.04. The molecular formula is C26H44O. The maximum absolute atomic E-state index is 5.98. The zero-order chi connectivity index (χ0) is 19.2. The predicted octanol–water partition coefficient (Wildman–Crippen LogP) is 8.36. The molecule has 1 aliphatic rings. The van der Waals surface area contributed by atoms with Gasteiger partial charge in [0, 0.05) is 0 Å². The molecule has 1 aliphatic carbocycles. The van der Waals surface area contributed by atoms with E-state index in [2.05, 4.69) is 38.1 Å². The molecule has 0 radical (unpaired) electrons. The van der Waals surface area contributed by atoms with Crippen LogP contribution in [0.3, 0.4) is 0 Å². The van der Waals surface area contributed by atoms with Crippen molar-refractivity contribution in [3.8, 4) is 5.75 Å². The second-order valence-electron chi connectivity index (χ2n) is 8.83. The van der Waals surface area contributed by atoms with Gasteiger partial charge in [-0.1, -0.05) is 96.6 Å².